The van der Waals surface area contributed by atoms with Gasteiger partial charge in [-0.3, -0.25) is 19.3 Å². The van der Waals surface area contributed by atoms with E-state index in [-0.39, 0.29) is 25.5 Å². The molecule has 1 aliphatic rings. The molecule has 0 unspecified atom stereocenters. The van der Waals surface area contributed by atoms with Crippen molar-refractivity contribution in [3.05, 3.63) is 80.0 Å². The fourth-order valence-electron chi connectivity index (χ4n) is 3.10. The highest BCUT2D eigenvalue weighted by Gasteiger charge is 2.16. The molecular formula is C22H19N3O7. The maximum atomic E-state index is 12.3. The number of carbonyl (C=O) groups excluding carboxylic acids is 1. The molecule has 32 heavy (non-hydrogen) atoms. The molecule has 0 aliphatic carbocycles. The van der Waals surface area contributed by atoms with Gasteiger partial charge in [0.1, 0.15) is 5.56 Å². The van der Waals surface area contributed by atoms with Crippen LogP contribution in [-0.2, 0) is 11.3 Å². The Hall–Kier alpha value is -4.34. The Balaban J connectivity index is 1.60. The van der Waals surface area contributed by atoms with E-state index in [0.717, 1.165) is 10.8 Å². The minimum Gasteiger partial charge on any atom is -0.494 e. The number of hydrogen-bond donors (Lipinski definition) is 2. The largest absolute Gasteiger partial charge is 0.494 e. The van der Waals surface area contributed by atoms with Crippen LogP contribution in [0.3, 0.4) is 0 Å². The average Bonchev–Trinajstić information content (AvgIpc) is 3.25. The van der Waals surface area contributed by atoms with Crippen LogP contribution in [0.1, 0.15) is 28.4 Å². The smallest absolute Gasteiger partial charge is 0.338 e. The highest BCUT2D eigenvalue weighted by atomic mass is 16.7. The third-order valence-electron chi connectivity index (χ3n) is 4.71. The summed E-state index contributed by atoms with van der Waals surface area (Å²) in [7, 11) is 0. The summed E-state index contributed by atoms with van der Waals surface area (Å²) in [6.07, 6.45) is 1.16. The first-order valence-electron chi connectivity index (χ1n) is 9.72. The second-order valence-corrected chi connectivity index (χ2v) is 6.80. The second-order valence-electron chi connectivity index (χ2n) is 6.80. The maximum absolute atomic E-state index is 12.3. The van der Waals surface area contributed by atoms with Gasteiger partial charge in [-0.25, -0.2) is 9.59 Å². The molecule has 2 heterocycles. The lowest BCUT2D eigenvalue weighted by Crippen LogP contribution is -2.32. The molecule has 0 amide bonds. The van der Waals surface area contributed by atoms with Crippen LogP contribution in [-0.4, -0.2) is 40.2 Å². The summed E-state index contributed by atoms with van der Waals surface area (Å²) < 4.78 is 16.5. The van der Waals surface area contributed by atoms with Crippen molar-refractivity contribution in [1.82, 2.24) is 9.55 Å². The van der Waals surface area contributed by atoms with Gasteiger partial charge in [-0.1, -0.05) is 6.07 Å². The number of nitrogens with zero attached hydrogens (tertiary/aromatic N) is 2. The number of rotatable bonds is 6. The third kappa shape index (κ3) is 4.24. The van der Waals surface area contributed by atoms with Crippen molar-refractivity contribution in [3.63, 3.8) is 0 Å². The number of aromatic hydroxyl groups is 1. The number of H-pyrrole nitrogens is 1. The summed E-state index contributed by atoms with van der Waals surface area (Å²) >= 11 is 0. The van der Waals surface area contributed by atoms with E-state index in [1.165, 1.54) is 12.1 Å². The van der Waals surface area contributed by atoms with Crippen LogP contribution in [0.15, 0.2) is 57.0 Å². The Morgan fingerprint density at radius 1 is 1.19 bits per heavy atom. The van der Waals surface area contributed by atoms with Crippen molar-refractivity contribution in [2.24, 2.45) is 4.99 Å². The van der Waals surface area contributed by atoms with Gasteiger partial charge in [0.2, 0.25) is 12.7 Å². The highest BCUT2D eigenvalue weighted by molar-refractivity contribution is 5.90. The monoisotopic (exact) mass is 437 g/mol. The number of hydrogen-bond acceptors (Lipinski definition) is 8. The number of fused-ring (bicyclic) bond motifs is 1. The Labute approximate surface area is 181 Å². The van der Waals surface area contributed by atoms with E-state index in [4.69, 9.17) is 14.2 Å². The van der Waals surface area contributed by atoms with Crippen molar-refractivity contribution >= 4 is 17.9 Å². The molecule has 4 rings (SSSR count). The summed E-state index contributed by atoms with van der Waals surface area (Å²) in [6.45, 7) is 2.09. The molecule has 0 saturated heterocycles. The molecule has 1 aromatic heterocycles. The number of carbonyl (C=O) groups is 1. The predicted molar refractivity (Wildman–Crippen MR) is 114 cm³/mol. The Bertz CT molecular complexity index is 1310. The van der Waals surface area contributed by atoms with Gasteiger partial charge in [0, 0.05) is 6.21 Å². The minimum atomic E-state index is -0.777. The van der Waals surface area contributed by atoms with E-state index < -0.39 is 23.1 Å². The zero-order valence-corrected chi connectivity index (χ0v) is 17.0. The van der Waals surface area contributed by atoms with Gasteiger partial charge in [-0.05, 0) is 48.9 Å². The van der Waals surface area contributed by atoms with E-state index in [1.54, 1.807) is 37.3 Å². The molecule has 0 saturated carbocycles. The average molecular weight is 437 g/mol. The molecule has 3 aromatic rings. The first-order valence-corrected chi connectivity index (χ1v) is 9.72. The quantitative estimate of drug-likeness (QED) is 0.445. The predicted octanol–water partition coefficient (Wildman–Crippen LogP) is 1.95. The number of nitrogens with one attached hydrogen (secondary N) is 1. The standard InChI is InChI=1S/C22H19N3O7/c1-2-30-21(28)14-4-6-15(7-5-14)23-10-16-19(26)24-22(29)25(20(16)27)11-13-3-8-17-18(9-13)32-12-31-17/h3-10,27H,2,11-12H2,1H3,(H,24,26,29). The van der Waals surface area contributed by atoms with Gasteiger partial charge in [0.15, 0.2) is 11.5 Å². The number of esters is 1. The molecule has 164 valence electrons. The van der Waals surface area contributed by atoms with Crippen LogP contribution < -0.4 is 20.7 Å². The molecule has 0 atom stereocenters. The van der Waals surface area contributed by atoms with Gasteiger partial charge >= 0.3 is 11.7 Å². The summed E-state index contributed by atoms with van der Waals surface area (Å²) in [6, 6.07) is 11.3. The zero-order valence-electron chi connectivity index (χ0n) is 17.0. The SMILES string of the molecule is CCOC(=O)c1ccc(N=Cc2c(O)n(Cc3ccc4c(c3)OCO4)c(=O)[nH]c2=O)cc1. The first-order chi connectivity index (χ1) is 15.5. The Kier molecular flexibility index (Phi) is 5.75. The molecule has 0 radical (unpaired) electrons. The van der Waals surface area contributed by atoms with Gasteiger partial charge in [0.05, 0.1) is 24.4 Å². The lowest BCUT2D eigenvalue weighted by molar-refractivity contribution is 0.0526. The molecule has 2 N–H and O–H groups in total. The van der Waals surface area contributed by atoms with Crippen LogP contribution in [0.4, 0.5) is 5.69 Å². The van der Waals surface area contributed by atoms with E-state index in [1.807, 2.05) is 0 Å². The second kappa shape index (κ2) is 8.80. The Morgan fingerprint density at radius 3 is 2.69 bits per heavy atom. The van der Waals surface area contributed by atoms with E-state index in [0.29, 0.717) is 28.3 Å². The molecule has 2 aromatic carbocycles. The lowest BCUT2D eigenvalue weighted by Gasteiger charge is -2.10. The molecule has 0 spiro atoms. The highest BCUT2D eigenvalue weighted by Crippen LogP contribution is 2.32. The fourth-order valence-corrected chi connectivity index (χ4v) is 3.10. The van der Waals surface area contributed by atoms with E-state index >= 15 is 0 Å². The minimum absolute atomic E-state index is 0.00678. The maximum Gasteiger partial charge on any atom is 0.338 e. The summed E-state index contributed by atoms with van der Waals surface area (Å²) in [5.74, 6) is 0.150. The molecular weight excluding hydrogens is 418 g/mol. The summed E-state index contributed by atoms with van der Waals surface area (Å²) in [4.78, 5) is 42.6. The van der Waals surface area contributed by atoms with Crippen LogP contribution >= 0.6 is 0 Å². The van der Waals surface area contributed by atoms with Crippen molar-refractivity contribution in [3.8, 4) is 17.4 Å². The van der Waals surface area contributed by atoms with Crippen LogP contribution in [0.25, 0.3) is 0 Å². The number of ether oxygens (including phenoxy) is 3. The van der Waals surface area contributed by atoms with Crippen LogP contribution in [0.5, 0.6) is 17.4 Å². The fraction of sp³-hybridized carbons (Fsp3) is 0.182. The first kappa shape index (κ1) is 20.9. The van der Waals surface area contributed by atoms with Gasteiger partial charge in [-0.2, -0.15) is 0 Å². The number of aromatic nitrogens is 2. The van der Waals surface area contributed by atoms with Gasteiger partial charge in [0.25, 0.3) is 5.56 Å². The zero-order chi connectivity index (χ0) is 22.7. The number of aliphatic imine (C=N–C) groups is 1. The van der Waals surface area contributed by atoms with E-state index in [2.05, 4.69) is 9.98 Å². The lowest BCUT2D eigenvalue weighted by atomic mass is 10.2. The molecule has 0 fully saturated rings. The number of aromatic amines is 1. The molecule has 10 nitrogen and oxygen atoms in total. The number of benzene rings is 2. The van der Waals surface area contributed by atoms with Crippen molar-refractivity contribution in [2.45, 2.75) is 13.5 Å². The van der Waals surface area contributed by atoms with E-state index in [9.17, 15) is 19.5 Å². The van der Waals surface area contributed by atoms with Crippen molar-refractivity contribution < 1.29 is 24.1 Å². The molecule has 1 aliphatic heterocycles. The Morgan fingerprint density at radius 2 is 1.94 bits per heavy atom. The van der Waals surface area contributed by atoms with Crippen LogP contribution in [0, 0.1) is 0 Å². The molecule has 10 heteroatoms. The topological polar surface area (TPSA) is 132 Å². The van der Waals surface area contributed by atoms with Gasteiger partial charge < -0.3 is 19.3 Å². The van der Waals surface area contributed by atoms with Gasteiger partial charge in [-0.15, -0.1) is 0 Å². The summed E-state index contributed by atoms with van der Waals surface area (Å²) in [5.41, 5.74) is -0.257. The van der Waals surface area contributed by atoms with Crippen LogP contribution in [0.2, 0.25) is 0 Å². The van der Waals surface area contributed by atoms with Crippen molar-refractivity contribution in [2.75, 3.05) is 13.4 Å². The van der Waals surface area contributed by atoms with Crippen molar-refractivity contribution in [1.29, 1.82) is 0 Å². The summed E-state index contributed by atoms with van der Waals surface area (Å²) in [5, 5.41) is 10.6. The molecule has 0 bridgehead atoms. The normalized spacial score (nSPS) is 12.3. The third-order valence-corrected chi connectivity index (χ3v) is 4.71.